The Morgan fingerprint density at radius 3 is 2.41 bits per heavy atom. The summed E-state index contributed by atoms with van der Waals surface area (Å²) in [5.74, 6) is 0.612. The summed E-state index contributed by atoms with van der Waals surface area (Å²) in [6.45, 7) is 0. The van der Waals surface area contributed by atoms with E-state index in [4.69, 9.17) is 4.74 Å². The lowest BCUT2D eigenvalue weighted by Gasteiger charge is -2.11. The Hall–Kier alpha value is -2.75. The molecule has 0 amide bonds. The predicted molar refractivity (Wildman–Crippen MR) is 88.8 cm³/mol. The summed E-state index contributed by atoms with van der Waals surface area (Å²) >= 11 is 0. The summed E-state index contributed by atoms with van der Waals surface area (Å²) in [6.07, 6.45) is 3.03. The highest BCUT2D eigenvalue weighted by atomic mass is 16.5. The van der Waals surface area contributed by atoms with E-state index in [-0.39, 0.29) is 11.5 Å². The number of nitrogens with zero attached hydrogens (tertiary/aromatic N) is 1. The number of ether oxygens (including phenoxy) is 1. The first-order valence-corrected chi connectivity index (χ1v) is 6.88. The lowest BCUT2D eigenvalue weighted by molar-refractivity contribution is 0.104. The number of hydrogen-bond acceptors (Lipinski definition) is 4. The van der Waals surface area contributed by atoms with Crippen molar-refractivity contribution in [2.24, 2.45) is 0 Å². The number of methoxy groups -OCH3 is 1. The number of aromatic hydroxyl groups is 1. The Morgan fingerprint density at radius 2 is 1.82 bits per heavy atom. The number of phenols is 1. The van der Waals surface area contributed by atoms with Gasteiger partial charge in [0.2, 0.25) is 0 Å². The zero-order valence-corrected chi connectivity index (χ0v) is 12.9. The first kappa shape index (κ1) is 15.6. The van der Waals surface area contributed by atoms with Crippen LogP contribution in [0, 0.1) is 0 Å². The van der Waals surface area contributed by atoms with Gasteiger partial charge in [-0.05, 0) is 54.6 Å². The van der Waals surface area contributed by atoms with Gasteiger partial charge in [0.1, 0.15) is 11.5 Å². The van der Waals surface area contributed by atoms with E-state index in [9.17, 15) is 9.90 Å². The van der Waals surface area contributed by atoms with Gasteiger partial charge >= 0.3 is 0 Å². The lowest BCUT2D eigenvalue weighted by atomic mass is 10.1. The topological polar surface area (TPSA) is 49.8 Å². The molecule has 0 unspecified atom stereocenters. The number of anilines is 1. The van der Waals surface area contributed by atoms with Crippen LogP contribution in [0.2, 0.25) is 0 Å². The Labute approximate surface area is 130 Å². The number of hydrogen-bond donors (Lipinski definition) is 1. The van der Waals surface area contributed by atoms with Crippen molar-refractivity contribution in [3.05, 3.63) is 59.7 Å². The normalized spacial score (nSPS) is 10.7. The number of ketones is 1. The van der Waals surface area contributed by atoms with E-state index in [0.717, 1.165) is 5.69 Å². The van der Waals surface area contributed by atoms with Gasteiger partial charge in [-0.1, -0.05) is 0 Å². The Kier molecular flexibility index (Phi) is 4.84. The smallest absolute Gasteiger partial charge is 0.185 e. The summed E-state index contributed by atoms with van der Waals surface area (Å²) in [4.78, 5) is 14.1. The molecule has 0 bridgehead atoms. The molecule has 22 heavy (non-hydrogen) atoms. The highest BCUT2D eigenvalue weighted by molar-refractivity contribution is 6.07. The lowest BCUT2D eigenvalue weighted by Crippen LogP contribution is -2.08. The van der Waals surface area contributed by atoms with Gasteiger partial charge in [-0.15, -0.1) is 0 Å². The van der Waals surface area contributed by atoms with Gasteiger partial charge in [0.25, 0.3) is 0 Å². The van der Waals surface area contributed by atoms with Crippen molar-refractivity contribution in [2.45, 2.75) is 0 Å². The molecule has 1 N–H and O–H groups in total. The molecule has 0 heterocycles. The quantitative estimate of drug-likeness (QED) is 0.679. The molecule has 0 radical (unpaired) electrons. The second kappa shape index (κ2) is 6.80. The number of allylic oxidation sites excluding steroid dienone is 1. The van der Waals surface area contributed by atoms with E-state index in [1.54, 1.807) is 37.5 Å². The van der Waals surface area contributed by atoms with E-state index in [1.807, 2.05) is 31.1 Å². The highest BCUT2D eigenvalue weighted by Gasteiger charge is 2.04. The summed E-state index contributed by atoms with van der Waals surface area (Å²) < 4.78 is 5.10. The molecule has 114 valence electrons. The predicted octanol–water partition coefficient (Wildman–Crippen LogP) is 3.36. The van der Waals surface area contributed by atoms with Gasteiger partial charge in [-0.25, -0.2) is 0 Å². The van der Waals surface area contributed by atoms with Crippen molar-refractivity contribution in [1.29, 1.82) is 0 Å². The minimum Gasteiger partial charge on any atom is -0.507 e. The zero-order chi connectivity index (χ0) is 16.1. The maximum absolute atomic E-state index is 12.2. The molecule has 0 aliphatic carbocycles. The number of phenolic OH excluding ortho intramolecular Hbond substituents is 1. The number of carbonyl (C=O) groups is 1. The third kappa shape index (κ3) is 3.67. The maximum Gasteiger partial charge on any atom is 0.185 e. The van der Waals surface area contributed by atoms with Crippen molar-refractivity contribution in [3.8, 4) is 11.5 Å². The highest BCUT2D eigenvalue weighted by Crippen LogP contribution is 2.24. The van der Waals surface area contributed by atoms with Crippen molar-refractivity contribution in [3.63, 3.8) is 0 Å². The van der Waals surface area contributed by atoms with Gasteiger partial charge in [-0.2, -0.15) is 0 Å². The second-order valence-corrected chi connectivity index (χ2v) is 5.06. The van der Waals surface area contributed by atoms with E-state index >= 15 is 0 Å². The SMILES string of the molecule is COc1ccc(O)c(/C=C/C(=O)c2ccc(N(C)C)cc2)c1. The molecule has 0 aliphatic rings. The van der Waals surface area contributed by atoms with Crippen LogP contribution in [0.4, 0.5) is 5.69 Å². The van der Waals surface area contributed by atoms with E-state index < -0.39 is 0 Å². The molecule has 0 fully saturated rings. The van der Waals surface area contributed by atoms with Crippen LogP contribution in [-0.4, -0.2) is 32.1 Å². The zero-order valence-electron chi connectivity index (χ0n) is 12.9. The van der Waals surface area contributed by atoms with Crippen molar-refractivity contribution in [2.75, 3.05) is 26.1 Å². The van der Waals surface area contributed by atoms with E-state index in [1.165, 1.54) is 12.1 Å². The monoisotopic (exact) mass is 297 g/mol. The van der Waals surface area contributed by atoms with Gasteiger partial charge in [-0.3, -0.25) is 4.79 Å². The molecule has 2 rings (SSSR count). The van der Waals surface area contributed by atoms with Crippen LogP contribution < -0.4 is 9.64 Å². The molecular weight excluding hydrogens is 278 g/mol. The molecule has 0 saturated carbocycles. The molecule has 2 aromatic rings. The molecule has 0 spiro atoms. The van der Waals surface area contributed by atoms with E-state index in [2.05, 4.69) is 0 Å². The summed E-state index contributed by atoms with van der Waals surface area (Å²) in [7, 11) is 5.45. The third-order valence-corrected chi connectivity index (χ3v) is 3.32. The van der Waals surface area contributed by atoms with Crippen molar-refractivity contribution < 1.29 is 14.6 Å². The first-order chi connectivity index (χ1) is 10.5. The van der Waals surface area contributed by atoms with Crippen LogP contribution in [0.1, 0.15) is 15.9 Å². The van der Waals surface area contributed by atoms with Gasteiger partial charge < -0.3 is 14.7 Å². The van der Waals surface area contributed by atoms with Crippen LogP contribution in [0.25, 0.3) is 6.08 Å². The third-order valence-electron chi connectivity index (χ3n) is 3.32. The molecule has 4 heteroatoms. The standard InChI is InChI=1S/C18H19NO3/c1-19(2)15-7-4-13(5-8-15)17(20)10-6-14-12-16(22-3)9-11-18(14)21/h4-12,21H,1-3H3/b10-6+. The molecule has 0 aliphatic heterocycles. The summed E-state index contributed by atoms with van der Waals surface area (Å²) in [6, 6.07) is 12.2. The Morgan fingerprint density at radius 1 is 1.14 bits per heavy atom. The van der Waals surface area contributed by atoms with Crippen molar-refractivity contribution in [1.82, 2.24) is 0 Å². The fourth-order valence-corrected chi connectivity index (χ4v) is 1.98. The van der Waals surface area contributed by atoms with Crippen LogP contribution >= 0.6 is 0 Å². The van der Waals surface area contributed by atoms with Crippen LogP contribution in [0.15, 0.2) is 48.5 Å². The van der Waals surface area contributed by atoms with Gasteiger partial charge in [0, 0.05) is 30.9 Å². The van der Waals surface area contributed by atoms with Gasteiger partial charge in [0.15, 0.2) is 5.78 Å². The number of carbonyl (C=O) groups excluding carboxylic acids is 1. The second-order valence-electron chi connectivity index (χ2n) is 5.06. The Bertz CT molecular complexity index is 688. The van der Waals surface area contributed by atoms with Crippen LogP contribution in [0.3, 0.4) is 0 Å². The van der Waals surface area contributed by atoms with Crippen LogP contribution in [-0.2, 0) is 0 Å². The molecule has 4 nitrogen and oxygen atoms in total. The molecule has 0 aromatic heterocycles. The minimum atomic E-state index is -0.118. The minimum absolute atomic E-state index is 0.104. The molecule has 2 aromatic carbocycles. The average Bonchev–Trinajstić information content (AvgIpc) is 2.54. The molecule has 0 saturated heterocycles. The summed E-state index contributed by atoms with van der Waals surface area (Å²) in [5.41, 5.74) is 2.17. The first-order valence-electron chi connectivity index (χ1n) is 6.88. The summed E-state index contributed by atoms with van der Waals surface area (Å²) in [5, 5.41) is 9.79. The molecule has 0 atom stereocenters. The molecular formula is C18H19NO3. The number of benzene rings is 2. The van der Waals surface area contributed by atoms with E-state index in [0.29, 0.717) is 16.9 Å². The van der Waals surface area contributed by atoms with Crippen molar-refractivity contribution >= 4 is 17.5 Å². The Balaban J connectivity index is 2.17. The van der Waals surface area contributed by atoms with Gasteiger partial charge in [0.05, 0.1) is 7.11 Å². The fraction of sp³-hybridized carbons (Fsp3) is 0.167. The average molecular weight is 297 g/mol. The largest absolute Gasteiger partial charge is 0.507 e. The maximum atomic E-state index is 12.2. The fourth-order valence-electron chi connectivity index (χ4n) is 1.98. The number of rotatable bonds is 5. The van der Waals surface area contributed by atoms with Crippen LogP contribution in [0.5, 0.6) is 11.5 Å².